The summed E-state index contributed by atoms with van der Waals surface area (Å²) in [6.07, 6.45) is 4.96. The molecule has 0 aliphatic rings. The predicted octanol–water partition coefficient (Wildman–Crippen LogP) is 2.88. The van der Waals surface area contributed by atoms with E-state index in [0.29, 0.717) is 5.25 Å². The van der Waals surface area contributed by atoms with Crippen molar-refractivity contribution in [1.82, 2.24) is 9.55 Å². The molecule has 4 nitrogen and oxygen atoms in total. The molecule has 0 amide bonds. The molecule has 96 valence electrons. The predicted molar refractivity (Wildman–Crippen MR) is 74.3 cm³/mol. The van der Waals surface area contributed by atoms with Gasteiger partial charge in [0, 0.05) is 11.8 Å². The highest BCUT2D eigenvalue weighted by atomic mass is 32.2. The number of aromatic carboxylic acids is 1. The molecule has 1 aromatic heterocycles. The molecule has 0 spiro atoms. The van der Waals surface area contributed by atoms with E-state index < -0.39 is 5.97 Å². The number of nitrogens with zero attached hydrogens (tertiary/aromatic N) is 2. The lowest BCUT2D eigenvalue weighted by molar-refractivity contribution is 0.0697. The lowest BCUT2D eigenvalue weighted by atomic mass is 10.2. The number of hydrogen-bond donors (Lipinski definition) is 1. The Bertz CT molecular complexity index is 565. The second-order valence-electron chi connectivity index (χ2n) is 4.28. The van der Waals surface area contributed by atoms with E-state index in [0.717, 1.165) is 24.0 Å². The molecule has 2 aromatic rings. The molecule has 0 saturated heterocycles. The summed E-state index contributed by atoms with van der Waals surface area (Å²) in [5, 5.41) is 9.53. The normalized spacial score (nSPS) is 12.8. The number of carboxylic acid groups (broad SMARTS) is 1. The molecule has 5 heteroatoms. The zero-order valence-corrected chi connectivity index (χ0v) is 11.3. The Kier molecular flexibility index (Phi) is 3.91. The summed E-state index contributed by atoms with van der Waals surface area (Å²) in [6.45, 7) is 3.11. The Morgan fingerprint density at radius 1 is 1.56 bits per heavy atom. The van der Waals surface area contributed by atoms with Crippen molar-refractivity contribution < 1.29 is 9.90 Å². The largest absolute Gasteiger partial charge is 0.478 e. The standard InChI is InChI=1S/C13H16N2O2S/c1-9(18-2)5-6-15-8-14-11-7-10(13(16)17)3-4-12(11)15/h3-4,7-9H,5-6H2,1-2H3,(H,16,17). The second kappa shape index (κ2) is 5.44. The van der Waals surface area contributed by atoms with Crippen LogP contribution in [0.25, 0.3) is 11.0 Å². The summed E-state index contributed by atoms with van der Waals surface area (Å²) in [4.78, 5) is 15.1. The number of fused-ring (bicyclic) bond motifs is 1. The van der Waals surface area contributed by atoms with Crippen LogP contribution in [0, 0.1) is 0 Å². The summed E-state index contributed by atoms with van der Waals surface area (Å²) in [7, 11) is 0. The van der Waals surface area contributed by atoms with Gasteiger partial charge in [0.15, 0.2) is 0 Å². The molecular weight excluding hydrogens is 248 g/mol. The number of hydrogen-bond acceptors (Lipinski definition) is 3. The number of benzene rings is 1. The molecule has 2 rings (SSSR count). The minimum absolute atomic E-state index is 0.283. The van der Waals surface area contributed by atoms with Crippen LogP contribution in [0.2, 0.25) is 0 Å². The van der Waals surface area contributed by atoms with E-state index in [1.807, 2.05) is 17.8 Å². The average Bonchev–Trinajstić information content (AvgIpc) is 2.78. The number of aryl methyl sites for hydroxylation is 1. The Morgan fingerprint density at radius 3 is 3.00 bits per heavy atom. The van der Waals surface area contributed by atoms with Gasteiger partial charge in [0.1, 0.15) is 0 Å². The third kappa shape index (κ3) is 2.67. The molecule has 0 radical (unpaired) electrons. The SMILES string of the molecule is CSC(C)CCn1cnc2cc(C(=O)O)ccc21. The van der Waals surface area contributed by atoms with E-state index in [9.17, 15) is 4.79 Å². The Morgan fingerprint density at radius 2 is 2.33 bits per heavy atom. The van der Waals surface area contributed by atoms with Crippen LogP contribution in [0.5, 0.6) is 0 Å². The molecule has 0 aliphatic carbocycles. The van der Waals surface area contributed by atoms with Crippen LogP contribution < -0.4 is 0 Å². The molecule has 0 fully saturated rings. The lowest BCUT2D eigenvalue weighted by Crippen LogP contribution is -2.03. The lowest BCUT2D eigenvalue weighted by Gasteiger charge is -2.09. The van der Waals surface area contributed by atoms with Gasteiger partial charge in [-0.2, -0.15) is 11.8 Å². The highest BCUT2D eigenvalue weighted by Crippen LogP contribution is 2.17. The molecule has 1 N–H and O–H groups in total. The second-order valence-corrected chi connectivity index (χ2v) is 5.56. The van der Waals surface area contributed by atoms with Crippen LogP contribution in [0.4, 0.5) is 0 Å². The van der Waals surface area contributed by atoms with Crippen LogP contribution in [0.15, 0.2) is 24.5 Å². The quantitative estimate of drug-likeness (QED) is 0.902. The summed E-state index contributed by atoms with van der Waals surface area (Å²) in [6, 6.07) is 5.07. The van der Waals surface area contributed by atoms with Crippen molar-refractivity contribution in [3.63, 3.8) is 0 Å². The molecule has 1 unspecified atom stereocenters. The monoisotopic (exact) mass is 264 g/mol. The first-order chi connectivity index (χ1) is 8.61. The van der Waals surface area contributed by atoms with E-state index in [2.05, 4.69) is 22.7 Å². The average molecular weight is 264 g/mol. The Labute approximate surface area is 110 Å². The van der Waals surface area contributed by atoms with Gasteiger partial charge < -0.3 is 9.67 Å². The molecule has 1 heterocycles. The topological polar surface area (TPSA) is 55.1 Å². The van der Waals surface area contributed by atoms with Crippen LogP contribution in [-0.4, -0.2) is 32.1 Å². The van der Waals surface area contributed by atoms with Crippen LogP contribution >= 0.6 is 11.8 Å². The van der Waals surface area contributed by atoms with Gasteiger partial charge in [-0.05, 0) is 30.9 Å². The maximum Gasteiger partial charge on any atom is 0.335 e. The van der Waals surface area contributed by atoms with Crippen molar-refractivity contribution in [1.29, 1.82) is 0 Å². The molecule has 18 heavy (non-hydrogen) atoms. The first-order valence-electron chi connectivity index (χ1n) is 5.83. The Hall–Kier alpha value is -1.49. The van der Waals surface area contributed by atoms with Crippen LogP contribution in [-0.2, 0) is 6.54 Å². The number of aromatic nitrogens is 2. The van der Waals surface area contributed by atoms with Gasteiger partial charge in [0.05, 0.1) is 22.9 Å². The zero-order valence-electron chi connectivity index (χ0n) is 10.5. The first kappa shape index (κ1) is 13.0. The first-order valence-corrected chi connectivity index (χ1v) is 7.11. The summed E-state index contributed by atoms with van der Waals surface area (Å²) in [5.74, 6) is -0.914. The fourth-order valence-corrected chi connectivity index (χ4v) is 2.15. The van der Waals surface area contributed by atoms with Crippen molar-refractivity contribution in [2.75, 3.05) is 6.26 Å². The van der Waals surface area contributed by atoms with Gasteiger partial charge in [-0.1, -0.05) is 6.92 Å². The number of carboxylic acids is 1. The van der Waals surface area contributed by atoms with Gasteiger partial charge in [-0.25, -0.2) is 9.78 Å². The highest BCUT2D eigenvalue weighted by molar-refractivity contribution is 7.99. The van der Waals surface area contributed by atoms with Crippen molar-refractivity contribution >= 4 is 28.8 Å². The number of imidazole rings is 1. The summed E-state index contributed by atoms with van der Waals surface area (Å²) in [5.41, 5.74) is 2.02. The minimum atomic E-state index is -0.914. The minimum Gasteiger partial charge on any atom is -0.478 e. The van der Waals surface area contributed by atoms with Crippen molar-refractivity contribution in [2.45, 2.75) is 25.1 Å². The molecular formula is C13H16N2O2S. The highest BCUT2D eigenvalue weighted by Gasteiger charge is 2.08. The van der Waals surface area contributed by atoms with E-state index in [1.54, 1.807) is 18.5 Å². The number of rotatable bonds is 5. The third-order valence-corrected chi connectivity index (χ3v) is 4.09. The molecule has 0 saturated carbocycles. The van der Waals surface area contributed by atoms with E-state index in [4.69, 9.17) is 5.11 Å². The zero-order chi connectivity index (χ0) is 13.1. The third-order valence-electron chi connectivity index (χ3n) is 3.05. The smallest absolute Gasteiger partial charge is 0.335 e. The van der Waals surface area contributed by atoms with Gasteiger partial charge in [0.2, 0.25) is 0 Å². The van der Waals surface area contributed by atoms with Gasteiger partial charge in [0.25, 0.3) is 0 Å². The Balaban J connectivity index is 2.23. The van der Waals surface area contributed by atoms with Crippen LogP contribution in [0.1, 0.15) is 23.7 Å². The number of carbonyl (C=O) groups is 1. The van der Waals surface area contributed by atoms with Crippen molar-refractivity contribution in [2.24, 2.45) is 0 Å². The summed E-state index contributed by atoms with van der Waals surface area (Å²) >= 11 is 1.85. The molecule has 0 bridgehead atoms. The van der Waals surface area contributed by atoms with Gasteiger partial charge >= 0.3 is 5.97 Å². The van der Waals surface area contributed by atoms with E-state index in [-0.39, 0.29) is 5.56 Å². The molecule has 0 aliphatic heterocycles. The van der Waals surface area contributed by atoms with Crippen LogP contribution in [0.3, 0.4) is 0 Å². The maximum atomic E-state index is 10.9. The maximum absolute atomic E-state index is 10.9. The molecule has 1 aromatic carbocycles. The fraction of sp³-hybridized carbons (Fsp3) is 0.385. The fourth-order valence-electron chi connectivity index (χ4n) is 1.81. The van der Waals surface area contributed by atoms with E-state index in [1.165, 1.54) is 0 Å². The van der Waals surface area contributed by atoms with Gasteiger partial charge in [-0.15, -0.1) is 0 Å². The van der Waals surface area contributed by atoms with Gasteiger partial charge in [-0.3, -0.25) is 0 Å². The van der Waals surface area contributed by atoms with Crippen molar-refractivity contribution in [3.8, 4) is 0 Å². The van der Waals surface area contributed by atoms with Crippen molar-refractivity contribution in [3.05, 3.63) is 30.1 Å². The molecule has 1 atom stereocenters. The summed E-state index contributed by atoms with van der Waals surface area (Å²) < 4.78 is 2.08. The number of thioether (sulfide) groups is 1. The van der Waals surface area contributed by atoms with E-state index >= 15 is 0 Å².